The van der Waals surface area contributed by atoms with E-state index in [-0.39, 0.29) is 0 Å². The predicted molar refractivity (Wildman–Crippen MR) is 63.7 cm³/mol. The summed E-state index contributed by atoms with van der Waals surface area (Å²) < 4.78 is 15.7. The second-order valence-corrected chi connectivity index (χ2v) is 4.52. The molecular weight excluding hydrogens is 206 g/mol. The maximum absolute atomic E-state index is 5.44. The fraction of sp³-hybridized carbons (Fsp3) is 1.00. The van der Waals surface area contributed by atoms with Crippen LogP contribution in [0.2, 0.25) is 0 Å². The molecule has 1 heterocycles. The Morgan fingerprint density at radius 2 is 1.81 bits per heavy atom. The summed E-state index contributed by atoms with van der Waals surface area (Å²) in [6.07, 6.45) is 3.39. The Morgan fingerprint density at radius 3 is 2.44 bits per heavy atom. The van der Waals surface area contributed by atoms with Crippen molar-refractivity contribution < 1.29 is 14.2 Å². The molecule has 0 spiro atoms. The monoisotopic (exact) mass is 231 g/mol. The third-order valence-corrected chi connectivity index (χ3v) is 3.37. The summed E-state index contributed by atoms with van der Waals surface area (Å²) in [7, 11) is 3.50. The van der Waals surface area contributed by atoms with Crippen LogP contribution < -0.4 is 5.32 Å². The van der Waals surface area contributed by atoms with Gasteiger partial charge in [0, 0.05) is 47.1 Å². The maximum atomic E-state index is 5.44. The largest absolute Gasteiger partial charge is 0.385 e. The van der Waals surface area contributed by atoms with Crippen LogP contribution in [0.4, 0.5) is 0 Å². The SMILES string of the molecule is COCCNCC1(CCOC)CCOCC1. The fourth-order valence-corrected chi connectivity index (χ4v) is 2.17. The van der Waals surface area contributed by atoms with Crippen molar-refractivity contribution in [2.75, 3.05) is 53.7 Å². The molecule has 0 radical (unpaired) electrons. The molecule has 16 heavy (non-hydrogen) atoms. The molecule has 1 N–H and O–H groups in total. The van der Waals surface area contributed by atoms with E-state index in [9.17, 15) is 0 Å². The molecule has 1 saturated heterocycles. The molecule has 4 nitrogen and oxygen atoms in total. The summed E-state index contributed by atoms with van der Waals surface area (Å²) in [5.74, 6) is 0. The molecule has 96 valence electrons. The van der Waals surface area contributed by atoms with Gasteiger partial charge in [-0.2, -0.15) is 0 Å². The van der Waals surface area contributed by atoms with Crippen molar-refractivity contribution in [3.8, 4) is 0 Å². The Balaban J connectivity index is 2.30. The Bertz CT molecular complexity index is 170. The first-order chi connectivity index (χ1) is 7.83. The standard InChI is InChI=1S/C12H25NO3/c1-14-7-3-12(4-8-16-9-5-12)11-13-6-10-15-2/h13H,3-11H2,1-2H3. The molecule has 0 aliphatic carbocycles. The average Bonchev–Trinajstić information content (AvgIpc) is 2.34. The zero-order valence-corrected chi connectivity index (χ0v) is 10.6. The minimum Gasteiger partial charge on any atom is -0.385 e. The summed E-state index contributed by atoms with van der Waals surface area (Å²) >= 11 is 0. The summed E-state index contributed by atoms with van der Waals surface area (Å²) in [6.45, 7) is 5.35. The number of rotatable bonds is 8. The number of ether oxygens (including phenoxy) is 3. The van der Waals surface area contributed by atoms with Gasteiger partial charge in [0.1, 0.15) is 0 Å². The van der Waals surface area contributed by atoms with Crippen molar-refractivity contribution in [2.45, 2.75) is 19.3 Å². The quantitative estimate of drug-likeness (QED) is 0.634. The van der Waals surface area contributed by atoms with Crippen LogP contribution in [0, 0.1) is 5.41 Å². The van der Waals surface area contributed by atoms with E-state index >= 15 is 0 Å². The van der Waals surface area contributed by atoms with Crippen molar-refractivity contribution in [1.29, 1.82) is 0 Å². The second kappa shape index (κ2) is 8.01. The predicted octanol–water partition coefficient (Wildman–Crippen LogP) is 1.06. The highest BCUT2D eigenvalue weighted by atomic mass is 16.5. The van der Waals surface area contributed by atoms with Gasteiger partial charge in [-0.15, -0.1) is 0 Å². The van der Waals surface area contributed by atoms with Crippen LogP contribution in [0.1, 0.15) is 19.3 Å². The van der Waals surface area contributed by atoms with E-state index in [2.05, 4.69) is 5.32 Å². The highest BCUT2D eigenvalue weighted by Crippen LogP contribution is 2.33. The number of hydrogen-bond donors (Lipinski definition) is 1. The molecule has 0 saturated carbocycles. The van der Waals surface area contributed by atoms with Gasteiger partial charge in [-0.05, 0) is 24.7 Å². The van der Waals surface area contributed by atoms with Crippen LogP contribution in [0.3, 0.4) is 0 Å². The van der Waals surface area contributed by atoms with Gasteiger partial charge in [-0.3, -0.25) is 0 Å². The van der Waals surface area contributed by atoms with Crippen molar-refractivity contribution >= 4 is 0 Å². The molecule has 0 unspecified atom stereocenters. The third kappa shape index (κ3) is 4.78. The van der Waals surface area contributed by atoms with E-state index in [1.807, 2.05) is 0 Å². The van der Waals surface area contributed by atoms with Gasteiger partial charge in [0.15, 0.2) is 0 Å². The molecule has 0 bridgehead atoms. The first-order valence-corrected chi connectivity index (χ1v) is 6.09. The third-order valence-electron chi connectivity index (χ3n) is 3.37. The van der Waals surface area contributed by atoms with Gasteiger partial charge in [0.25, 0.3) is 0 Å². The molecule has 1 aliphatic heterocycles. The van der Waals surface area contributed by atoms with Gasteiger partial charge < -0.3 is 19.5 Å². The second-order valence-electron chi connectivity index (χ2n) is 4.52. The molecule has 0 atom stereocenters. The fourth-order valence-electron chi connectivity index (χ4n) is 2.17. The van der Waals surface area contributed by atoms with Gasteiger partial charge >= 0.3 is 0 Å². The summed E-state index contributed by atoms with van der Waals surface area (Å²) in [5.41, 5.74) is 0.363. The van der Waals surface area contributed by atoms with Crippen LogP contribution in [0.15, 0.2) is 0 Å². The molecule has 1 aliphatic rings. The lowest BCUT2D eigenvalue weighted by atomic mass is 9.77. The molecule has 4 heteroatoms. The van der Waals surface area contributed by atoms with Crippen LogP contribution in [-0.2, 0) is 14.2 Å². The topological polar surface area (TPSA) is 39.7 Å². The molecule has 1 rings (SSSR count). The van der Waals surface area contributed by atoms with Gasteiger partial charge in [0.05, 0.1) is 6.61 Å². The van der Waals surface area contributed by atoms with Crippen LogP contribution in [0.25, 0.3) is 0 Å². The van der Waals surface area contributed by atoms with E-state index < -0.39 is 0 Å². The number of nitrogens with one attached hydrogen (secondary N) is 1. The zero-order chi connectivity index (χ0) is 11.7. The van der Waals surface area contributed by atoms with Crippen molar-refractivity contribution in [2.24, 2.45) is 5.41 Å². The minimum atomic E-state index is 0.363. The first-order valence-electron chi connectivity index (χ1n) is 6.09. The summed E-state index contributed by atoms with van der Waals surface area (Å²) in [4.78, 5) is 0. The van der Waals surface area contributed by atoms with Crippen LogP contribution in [-0.4, -0.2) is 53.7 Å². The van der Waals surface area contributed by atoms with E-state index in [4.69, 9.17) is 14.2 Å². The highest BCUT2D eigenvalue weighted by Gasteiger charge is 2.31. The van der Waals surface area contributed by atoms with Crippen molar-refractivity contribution in [3.05, 3.63) is 0 Å². The van der Waals surface area contributed by atoms with Crippen LogP contribution >= 0.6 is 0 Å². The van der Waals surface area contributed by atoms with E-state index in [1.54, 1.807) is 14.2 Å². The Morgan fingerprint density at radius 1 is 1.12 bits per heavy atom. The molecule has 1 fully saturated rings. The zero-order valence-electron chi connectivity index (χ0n) is 10.6. The number of methoxy groups -OCH3 is 2. The molecule has 0 aromatic heterocycles. The smallest absolute Gasteiger partial charge is 0.0587 e. The summed E-state index contributed by atoms with van der Waals surface area (Å²) in [6, 6.07) is 0. The van der Waals surface area contributed by atoms with Crippen molar-refractivity contribution in [1.82, 2.24) is 5.32 Å². The molecular formula is C12H25NO3. The average molecular weight is 231 g/mol. The van der Waals surface area contributed by atoms with Gasteiger partial charge in [0.2, 0.25) is 0 Å². The lowest BCUT2D eigenvalue weighted by Gasteiger charge is -2.37. The Labute approximate surface area is 98.6 Å². The normalized spacial score (nSPS) is 19.9. The van der Waals surface area contributed by atoms with E-state index in [0.717, 1.165) is 58.8 Å². The minimum absolute atomic E-state index is 0.363. The molecule has 0 amide bonds. The number of hydrogen-bond acceptors (Lipinski definition) is 4. The first kappa shape index (κ1) is 13.9. The van der Waals surface area contributed by atoms with Gasteiger partial charge in [-0.25, -0.2) is 0 Å². The van der Waals surface area contributed by atoms with E-state index in [1.165, 1.54) is 0 Å². The maximum Gasteiger partial charge on any atom is 0.0587 e. The lowest BCUT2D eigenvalue weighted by molar-refractivity contribution is -0.00184. The molecule has 0 aromatic rings. The van der Waals surface area contributed by atoms with E-state index in [0.29, 0.717) is 5.41 Å². The van der Waals surface area contributed by atoms with Gasteiger partial charge in [-0.1, -0.05) is 0 Å². The van der Waals surface area contributed by atoms with Crippen molar-refractivity contribution in [3.63, 3.8) is 0 Å². The summed E-state index contributed by atoms with van der Waals surface area (Å²) in [5, 5.41) is 3.47. The molecule has 0 aromatic carbocycles. The Hall–Kier alpha value is -0.160. The Kier molecular flexibility index (Phi) is 6.96. The lowest BCUT2D eigenvalue weighted by Crippen LogP contribution is -2.40. The van der Waals surface area contributed by atoms with Crippen LogP contribution in [0.5, 0.6) is 0 Å². The highest BCUT2D eigenvalue weighted by molar-refractivity contribution is 4.84.